The molecule has 1 saturated heterocycles. The molecule has 5 nitrogen and oxygen atoms in total. The lowest BCUT2D eigenvalue weighted by atomic mass is 10.1. The van der Waals surface area contributed by atoms with E-state index in [1.54, 1.807) is 47.4 Å². The van der Waals surface area contributed by atoms with Gasteiger partial charge in [-0.25, -0.2) is 8.42 Å². The van der Waals surface area contributed by atoms with E-state index in [0.29, 0.717) is 39.1 Å². The first-order chi connectivity index (χ1) is 14.7. The molecule has 1 aliphatic heterocycles. The van der Waals surface area contributed by atoms with E-state index in [4.69, 9.17) is 27.6 Å². The van der Waals surface area contributed by atoms with Crippen molar-refractivity contribution in [3.8, 4) is 11.3 Å². The number of hydrogen-bond acceptors (Lipinski definition) is 4. The zero-order valence-electron chi connectivity index (χ0n) is 16.8. The number of benzene rings is 2. The molecule has 0 N–H and O–H groups in total. The molecular weight excluding hydrogens is 457 g/mol. The van der Waals surface area contributed by atoms with Crippen LogP contribution in [0.5, 0.6) is 0 Å². The predicted molar refractivity (Wildman–Crippen MR) is 122 cm³/mol. The van der Waals surface area contributed by atoms with Gasteiger partial charge < -0.3 is 9.32 Å². The number of carbonyl (C=O) groups excluding carboxylic acids is 1. The van der Waals surface area contributed by atoms with Crippen LogP contribution in [0.15, 0.2) is 59.0 Å². The molecule has 3 aromatic rings. The van der Waals surface area contributed by atoms with Crippen LogP contribution < -0.4 is 0 Å². The standard InChI is InChI=1S/C23H21Cl2NO4S/c1-15-3-2-4-16(11-15)23(27)26(18-9-10-31(28,29)14-18)13-19-6-8-22(30-19)20-12-17(24)5-7-21(20)25/h2-8,11-12,18H,9-10,13-14H2,1H3/t18-/m0/s1. The van der Waals surface area contributed by atoms with Crippen molar-refractivity contribution in [2.24, 2.45) is 0 Å². The van der Waals surface area contributed by atoms with Gasteiger partial charge in [0.05, 0.1) is 23.1 Å². The van der Waals surface area contributed by atoms with Crippen molar-refractivity contribution in [3.63, 3.8) is 0 Å². The van der Waals surface area contributed by atoms with E-state index in [9.17, 15) is 13.2 Å². The Hall–Kier alpha value is -2.28. The van der Waals surface area contributed by atoms with E-state index in [0.717, 1.165) is 5.56 Å². The van der Waals surface area contributed by atoms with E-state index in [1.165, 1.54) is 0 Å². The Bertz CT molecular complexity index is 1240. The molecule has 1 amide bonds. The van der Waals surface area contributed by atoms with Gasteiger partial charge in [-0.15, -0.1) is 0 Å². The summed E-state index contributed by atoms with van der Waals surface area (Å²) < 4.78 is 30.1. The Morgan fingerprint density at radius 2 is 1.94 bits per heavy atom. The van der Waals surface area contributed by atoms with Crippen molar-refractivity contribution in [1.29, 1.82) is 0 Å². The van der Waals surface area contributed by atoms with Gasteiger partial charge in [0.1, 0.15) is 11.5 Å². The first-order valence-corrected chi connectivity index (χ1v) is 12.4. The van der Waals surface area contributed by atoms with E-state index in [1.807, 2.05) is 19.1 Å². The van der Waals surface area contributed by atoms with Crippen LogP contribution in [0, 0.1) is 6.92 Å². The molecule has 0 saturated carbocycles. The van der Waals surface area contributed by atoms with Crippen molar-refractivity contribution in [1.82, 2.24) is 4.90 Å². The normalized spacial score (nSPS) is 17.6. The summed E-state index contributed by atoms with van der Waals surface area (Å²) in [7, 11) is -3.16. The minimum absolute atomic E-state index is 0.0434. The Morgan fingerprint density at radius 3 is 2.65 bits per heavy atom. The largest absolute Gasteiger partial charge is 0.459 e. The number of halogens is 2. The first kappa shape index (κ1) is 21.9. The Morgan fingerprint density at radius 1 is 1.13 bits per heavy atom. The van der Waals surface area contributed by atoms with Crippen molar-refractivity contribution in [2.75, 3.05) is 11.5 Å². The minimum Gasteiger partial charge on any atom is -0.459 e. The number of nitrogens with zero attached hydrogens (tertiary/aromatic N) is 1. The van der Waals surface area contributed by atoms with Gasteiger partial charge >= 0.3 is 0 Å². The molecule has 1 atom stereocenters. The van der Waals surface area contributed by atoms with Crippen molar-refractivity contribution < 1.29 is 17.6 Å². The second-order valence-electron chi connectivity index (χ2n) is 7.75. The number of carbonyl (C=O) groups is 1. The monoisotopic (exact) mass is 477 g/mol. The average molecular weight is 478 g/mol. The summed E-state index contributed by atoms with van der Waals surface area (Å²) in [6, 6.07) is 15.5. The van der Waals surface area contributed by atoms with Gasteiger partial charge in [-0.05, 0) is 55.8 Å². The lowest BCUT2D eigenvalue weighted by molar-refractivity contribution is 0.0666. The Balaban J connectivity index is 1.64. The van der Waals surface area contributed by atoms with Crippen LogP contribution in [0.25, 0.3) is 11.3 Å². The molecule has 2 heterocycles. The van der Waals surface area contributed by atoms with Gasteiger partial charge in [-0.3, -0.25) is 4.79 Å². The van der Waals surface area contributed by atoms with E-state index < -0.39 is 15.9 Å². The highest BCUT2D eigenvalue weighted by molar-refractivity contribution is 7.91. The summed E-state index contributed by atoms with van der Waals surface area (Å²) in [6.07, 6.45) is 0.410. The number of furan rings is 1. The maximum absolute atomic E-state index is 13.3. The van der Waals surface area contributed by atoms with E-state index >= 15 is 0 Å². The lowest BCUT2D eigenvalue weighted by Crippen LogP contribution is -2.40. The molecule has 8 heteroatoms. The lowest BCUT2D eigenvalue weighted by Gasteiger charge is -2.27. The van der Waals surface area contributed by atoms with Crippen LogP contribution in [-0.4, -0.2) is 36.8 Å². The highest BCUT2D eigenvalue weighted by atomic mass is 35.5. The maximum Gasteiger partial charge on any atom is 0.254 e. The molecule has 1 fully saturated rings. The van der Waals surface area contributed by atoms with E-state index in [-0.39, 0.29) is 24.0 Å². The average Bonchev–Trinajstić information content (AvgIpc) is 3.33. The zero-order chi connectivity index (χ0) is 22.2. The molecule has 31 heavy (non-hydrogen) atoms. The molecule has 0 aliphatic carbocycles. The predicted octanol–water partition coefficient (Wildman–Crippen LogP) is 5.39. The molecular formula is C23H21Cl2NO4S. The summed E-state index contributed by atoms with van der Waals surface area (Å²) in [4.78, 5) is 14.9. The molecule has 1 aromatic heterocycles. The minimum atomic E-state index is -3.16. The SMILES string of the molecule is Cc1cccc(C(=O)N(Cc2ccc(-c3cc(Cl)ccc3Cl)o2)[C@H]2CCS(=O)(=O)C2)c1. The Labute approximate surface area is 191 Å². The summed E-state index contributed by atoms with van der Waals surface area (Å²) in [5.74, 6) is 0.889. The van der Waals surface area contributed by atoms with Gasteiger partial charge in [-0.2, -0.15) is 0 Å². The van der Waals surface area contributed by atoms with Gasteiger partial charge in [0.15, 0.2) is 9.84 Å². The number of hydrogen-bond donors (Lipinski definition) is 0. The maximum atomic E-state index is 13.3. The van der Waals surface area contributed by atoms with Gasteiger partial charge in [-0.1, -0.05) is 40.9 Å². The second-order valence-corrected chi connectivity index (χ2v) is 10.8. The molecule has 2 aromatic carbocycles. The fourth-order valence-electron chi connectivity index (χ4n) is 3.79. The summed E-state index contributed by atoms with van der Waals surface area (Å²) in [6.45, 7) is 2.07. The quantitative estimate of drug-likeness (QED) is 0.493. The van der Waals surface area contributed by atoms with Gasteiger partial charge in [0.2, 0.25) is 0 Å². The van der Waals surface area contributed by atoms with Crippen molar-refractivity contribution in [2.45, 2.75) is 25.9 Å². The van der Waals surface area contributed by atoms with Gasteiger partial charge in [0.25, 0.3) is 5.91 Å². The topological polar surface area (TPSA) is 67.6 Å². The summed E-state index contributed by atoms with van der Waals surface area (Å²) >= 11 is 12.4. The summed E-state index contributed by atoms with van der Waals surface area (Å²) in [5.41, 5.74) is 2.13. The molecule has 162 valence electrons. The highest BCUT2D eigenvalue weighted by Crippen LogP contribution is 2.32. The van der Waals surface area contributed by atoms with E-state index in [2.05, 4.69) is 0 Å². The molecule has 0 spiro atoms. The third-order valence-electron chi connectivity index (χ3n) is 5.36. The van der Waals surface area contributed by atoms with Crippen LogP contribution in [0.1, 0.15) is 28.1 Å². The number of amides is 1. The highest BCUT2D eigenvalue weighted by Gasteiger charge is 2.35. The molecule has 0 radical (unpaired) electrons. The van der Waals surface area contributed by atoms with Crippen LogP contribution >= 0.6 is 23.2 Å². The van der Waals surface area contributed by atoms with Crippen LogP contribution in [0.4, 0.5) is 0 Å². The third kappa shape index (κ3) is 4.97. The zero-order valence-corrected chi connectivity index (χ0v) is 19.2. The number of rotatable bonds is 5. The first-order valence-electron chi connectivity index (χ1n) is 9.84. The number of sulfone groups is 1. The Kier molecular flexibility index (Phi) is 6.15. The van der Waals surface area contributed by atoms with Crippen LogP contribution in [-0.2, 0) is 16.4 Å². The molecule has 0 bridgehead atoms. The van der Waals surface area contributed by atoms with Crippen LogP contribution in [0.2, 0.25) is 10.0 Å². The fraction of sp³-hybridized carbons (Fsp3) is 0.261. The molecule has 0 unspecified atom stereocenters. The molecule has 4 rings (SSSR count). The number of aryl methyl sites for hydroxylation is 1. The van der Waals surface area contributed by atoms with Crippen molar-refractivity contribution in [3.05, 3.63) is 81.5 Å². The third-order valence-corrected chi connectivity index (χ3v) is 7.67. The van der Waals surface area contributed by atoms with Crippen molar-refractivity contribution >= 4 is 38.9 Å². The second kappa shape index (κ2) is 8.69. The smallest absolute Gasteiger partial charge is 0.254 e. The van der Waals surface area contributed by atoms with Gasteiger partial charge in [0, 0.05) is 22.2 Å². The fourth-order valence-corrected chi connectivity index (χ4v) is 5.91. The molecule has 1 aliphatic rings. The summed E-state index contributed by atoms with van der Waals surface area (Å²) in [5, 5.41) is 1.03. The van der Waals surface area contributed by atoms with Crippen LogP contribution in [0.3, 0.4) is 0 Å².